The van der Waals surface area contributed by atoms with E-state index in [1.807, 2.05) is 0 Å². The van der Waals surface area contributed by atoms with Gasteiger partial charge in [-0.3, -0.25) is 4.79 Å². The highest BCUT2D eigenvalue weighted by atomic mass is 16.5. The van der Waals surface area contributed by atoms with E-state index in [0.717, 1.165) is 37.9 Å². The van der Waals surface area contributed by atoms with Crippen molar-refractivity contribution >= 4 is 5.78 Å². The molecule has 2 aliphatic carbocycles. The molecule has 3 nitrogen and oxygen atoms in total. The number of hydrogen-bond donors (Lipinski definition) is 1. The van der Waals surface area contributed by atoms with Crippen LogP contribution in [0, 0.1) is 0 Å². The predicted molar refractivity (Wildman–Crippen MR) is 54.2 cm³/mol. The van der Waals surface area contributed by atoms with Gasteiger partial charge >= 0.3 is 0 Å². The minimum Gasteiger partial charge on any atom is -0.491 e. The summed E-state index contributed by atoms with van der Waals surface area (Å²) in [6.45, 7) is 0. The van der Waals surface area contributed by atoms with Crippen molar-refractivity contribution in [2.24, 2.45) is 0 Å². The third kappa shape index (κ3) is 1.19. The molecule has 0 bridgehead atoms. The molecule has 0 unspecified atom stereocenters. The van der Waals surface area contributed by atoms with Gasteiger partial charge in [0, 0.05) is 12.8 Å². The second-order valence-electron chi connectivity index (χ2n) is 4.85. The van der Waals surface area contributed by atoms with Crippen LogP contribution in [-0.4, -0.2) is 22.6 Å². The summed E-state index contributed by atoms with van der Waals surface area (Å²) in [5, 5.41) is 10.6. The van der Waals surface area contributed by atoms with E-state index in [0.29, 0.717) is 18.4 Å². The zero-order valence-corrected chi connectivity index (χ0v) is 8.79. The maximum absolute atomic E-state index is 11.8. The Kier molecular flexibility index (Phi) is 1.93. The topological polar surface area (TPSA) is 46.5 Å². The largest absolute Gasteiger partial charge is 0.491 e. The first-order chi connectivity index (χ1) is 7.22. The number of aliphatic hydroxyl groups is 1. The van der Waals surface area contributed by atoms with Gasteiger partial charge in [-0.25, -0.2) is 0 Å². The first-order valence-electron chi connectivity index (χ1n) is 5.88. The van der Waals surface area contributed by atoms with Gasteiger partial charge in [0.1, 0.15) is 17.5 Å². The Morgan fingerprint density at radius 1 is 1.27 bits per heavy atom. The number of hydrogen-bond acceptors (Lipinski definition) is 3. The van der Waals surface area contributed by atoms with Gasteiger partial charge in [0.15, 0.2) is 5.78 Å². The molecule has 0 aromatic carbocycles. The van der Waals surface area contributed by atoms with Crippen LogP contribution in [0.3, 0.4) is 0 Å². The molecule has 3 heteroatoms. The van der Waals surface area contributed by atoms with Gasteiger partial charge in [0.25, 0.3) is 0 Å². The highest BCUT2D eigenvalue weighted by Gasteiger charge is 2.53. The van der Waals surface area contributed by atoms with Crippen LogP contribution < -0.4 is 0 Å². The number of fused-ring (bicyclic) bond motifs is 2. The van der Waals surface area contributed by atoms with Crippen LogP contribution in [-0.2, 0) is 9.53 Å². The van der Waals surface area contributed by atoms with Gasteiger partial charge in [-0.05, 0) is 32.1 Å². The average molecular weight is 208 g/mol. The van der Waals surface area contributed by atoms with Gasteiger partial charge in [-0.1, -0.05) is 0 Å². The number of rotatable bonds is 0. The van der Waals surface area contributed by atoms with Crippen molar-refractivity contribution in [1.82, 2.24) is 0 Å². The van der Waals surface area contributed by atoms with E-state index in [-0.39, 0.29) is 11.9 Å². The minimum absolute atomic E-state index is 0.114. The Hall–Kier alpha value is -0.830. The number of carbonyl (C=O) groups is 1. The molecule has 2 atom stereocenters. The monoisotopic (exact) mass is 208 g/mol. The Morgan fingerprint density at radius 2 is 2.13 bits per heavy atom. The summed E-state index contributed by atoms with van der Waals surface area (Å²) in [7, 11) is 0. The maximum atomic E-state index is 11.8. The van der Waals surface area contributed by atoms with Gasteiger partial charge in [0.2, 0.25) is 0 Å². The van der Waals surface area contributed by atoms with Crippen LogP contribution in [0.5, 0.6) is 0 Å². The molecule has 1 saturated carbocycles. The van der Waals surface area contributed by atoms with E-state index in [9.17, 15) is 9.90 Å². The predicted octanol–water partition coefficient (Wildman–Crippen LogP) is 1.70. The molecule has 3 rings (SSSR count). The fourth-order valence-corrected chi connectivity index (χ4v) is 3.15. The molecule has 0 aromatic heterocycles. The van der Waals surface area contributed by atoms with E-state index < -0.39 is 5.60 Å². The molecule has 15 heavy (non-hydrogen) atoms. The number of allylic oxidation sites excluding steroid dienone is 1. The smallest absolute Gasteiger partial charge is 0.165 e. The Balaban J connectivity index is 2.02. The summed E-state index contributed by atoms with van der Waals surface area (Å²) in [5.74, 6) is 0.906. The molecule has 1 N–H and O–H groups in total. The average Bonchev–Trinajstić information content (AvgIpc) is 2.51. The van der Waals surface area contributed by atoms with E-state index in [1.165, 1.54) is 0 Å². The summed E-state index contributed by atoms with van der Waals surface area (Å²) in [5.41, 5.74) is -0.316. The number of ketones is 1. The molecule has 82 valence electrons. The summed E-state index contributed by atoms with van der Waals surface area (Å²) in [4.78, 5) is 11.8. The zero-order chi connectivity index (χ0) is 10.5. The Morgan fingerprint density at radius 3 is 3.00 bits per heavy atom. The number of Topliss-reactive ketones (excluding diaryl/α,β-unsaturated/α-hetero) is 1. The van der Waals surface area contributed by atoms with Gasteiger partial charge in [-0.15, -0.1) is 0 Å². The van der Waals surface area contributed by atoms with Crippen LogP contribution in [0.2, 0.25) is 0 Å². The zero-order valence-electron chi connectivity index (χ0n) is 8.79. The third-order valence-corrected chi connectivity index (χ3v) is 3.89. The quantitative estimate of drug-likeness (QED) is 0.659. The fourth-order valence-electron chi connectivity index (χ4n) is 3.15. The lowest BCUT2D eigenvalue weighted by Gasteiger charge is -2.34. The molecule has 0 aromatic rings. The van der Waals surface area contributed by atoms with Gasteiger partial charge in [-0.2, -0.15) is 0 Å². The number of carbonyl (C=O) groups excluding carboxylic acids is 1. The molecule has 0 saturated heterocycles. The maximum Gasteiger partial charge on any atom is 0.165 e. The van der Waals surface area contributed by atoms with Crippen LogP contribution in [0.15, 0.2) is 11.3 Å². The molecule has 1 heterocycles. The molecule has 3 aliphatic rings. The van der Waals surface area contributed by atoms with E-state index in [1.54, 1.807) is 0 Å². The lowest BCUT2D eigenvalue weighted by atomic mass is 9.75. The van der Waals surface area contributed by atoms with Gasteiger partial charge < -0.3 is 9.84 Å². The van der Waals surface area contributed by atoms with E-state index >= 15 is 0 Å². The van der Waals surface area contributed by atoms with Gasteiger partial charge in [0.05, 0.1) is 5.57 Å². The number of ether oxygens (including phenoxy) is 1. The van der Waals surface area contributed by atoms with E-state index in [2.05, 4.69) is 0 Å². The van der Waals surface area contributed by atoms with E-state index in [4.69, 9.17) is 4.74 Å². The summed E-state index contributed by atoms with van der Waals surface area (Å²) in [6, 6.07) is 0. The Labute approximate surface area is 89.1 Å². The molecule has 1 aliphatic heterocycles. The van der Waals surface area contributed by atoms with Crippen molar-refractivity contribution in [3.05, 3.63) is 11.3 Å². The van der Waals surface area contributed by atoms with Crippen molar-refractivity contribution in [3.63, 3.8) is 0 Å². The lowest BCUT2D eigenvalue weighted by molar-refractivity contribution is -0.119. The first kappa shape index (κ1) is 9.40. The fraction of sp³-hybridized carbons (Fsp3) is 0.750. The van der Waals surface area contributed by atoms with Crippen molar-refractivity contribution in [1.29, 1.82) is 0 Å². The SMILES string of the molecule is O=C1CCCC2=C1[C@]1(O)CCCC[C@@H]1O2. The summed E-state index contributed by atoms with van der Waals surface area (Å²) < 4.78 is 5.75. The Bertz CT molecular complexity index is 345. The first-order valence-corrected chi connectivity index (χ1v) is 5.88. The lowest BCUT2D eigenvalue weighted by Crippen LogP contribution is -2.45. The highest BCUT2D eigenvalue weighted by Crippen LogP contribution is 2.47. The molecule has 0 amide bonds. The normalized spacial score (nSPS) is 39.8. The molecule has 0 radical (unpaired) electrons. The van der Waals surface area contributed by atoms with Crippen molar-refractivity contribution < 1.29 is 14.6 Å². The minimum atomic E-state index is -0.939. The van der Waals surface area contributed by atoms with Crippen LogP contribution in [0.25, 0.3) is 0 Å². The summed E-state index contributed by atoms with van der Waals surface area (Å²) >= 11 is 0. The van der Waals surface area contributed by atoms with Crippen molar-refractivity contribution in [3.8, 4) is 0 Å². The third-order valence-electron chi connectivity index (χ3n) is 3.89. The molecule has 0 spiro atoms. The molecular formula is C12H16O3. The molecule has 1 fully saturated rings. The molecular weight excluding hydrogens is 192 g/mol. The van der Waals surface area contributed by atoms with Crippen LogP contribution in [0.4, 0.5) is 0 Å². The highest BCUT2D eigenvalue weighted by molar-refractivity contribution is 5.99. The van der Waals surface area contributed by atoms with Crippen LogP contribution >= 0.6 is 0 Å². The second-order valence-corrected chi connectivity index (χ2v) is 4.85. The van der Waals surface area contributed by atoms with Crippen LogP contribution in [0.1, 0.15) is 44.9 Å². The van der Waals surface area contributed by atoms with Crippen molar-refractivity contribution in [2.45, 2.75) is 56.7 Å². The standard InChI is InChI=1S/C12H16O3/c13-8-4-3-5-9-11(8)12(14)7-2-1-6-10(12)15-9/h10,14H,1-7H2/t10-,12-/m0/s1. The second kappa shape index (κ2) is 3.08. The summed E-state index contributed by atoms with van der Waals surface area (Å²) in [6.07, 6.45) is 5.83. The van der Waals surface area contributed by atoms with Crippen molar-refractivity contribution in [2.75, 3.05) is 0 Å².